The lowest BCUT2D eigenvalue weighted by Gasteiger charge is -2.07. The predicted molar refractivity (Wildman–Crippen MR) is 71.5 cm³/mol. The van der Waals surface area contributed by atoms with E-state index in [0.717, 1.165) is 17.8 Å². The van der Waals surface area contributed by atoms with Gasteiger partial charge in [-0.25, -0.2) is 9.07 Å². The fourth-order valence-corrected chi connectivity index (χ4v) is 2.31. The Bertz CT molecular complexity index is 534. The van der Waals surface area contributed by atoms with Crippen LogP contribution in [0.25, 0.3) is 11.3 Å². The number of hydrogen-bond acceptors (Lipinski definition) is 3. The maximum Gasteiger partial charge on any atom is 0.156 e. The molecule has 6 heteroatoms. The molecular weight excluding hydrogens is 299 g/mol. The van der Waals surface area contributed by atoms with E-state index in [0.29, 0.717) is 16.7 Å². The molecule has 1 heterocycles. The Morgan fingerprint density at radius 3 is 2.83 bits per heavy atom. The fourth-order valence-electron chi connectivity index (χ4n) is 1.76. The van der Waals surface area contributed by atoms with E-state index in [2.05, 4.69) is 31.6 Å². The average molecular weight is 313 g/mol. The Balaban J connectivity index is 2.40. The molecule has 0 aliphatic carbocycles. The van der Waals surface area contributed by atoms with Crippen LogP contribution in [0.1, 0.15) is 12.5 Å². The second-order valence-corrected chi connectivity index (χ2v) is 4.69. The standard InChI is InChI=1S/C12H14BrFN4/c1-3-15-7-9-6-8(4-5-10(9)14)11-12(13)16-17-18(11)2/h4-6,15H,3,7H2,1-2H3. The molecule has 0 aliphatic heterocycles. The van der Waals surface area contributed by atoms with Crippen LogP contribution in [0.3, 0.4) is 0 Å². The molecular formula is C12H14BrFN4. The zero-order chi connectivity index (χ0) is 13.1. The lowest BCUT2D eigenvalue weighted by atomic mass is 10.1. The van der Waals surface area contributed by atoms with Crippen molar-refractivity contribution in [3.63, 3.8) is 0 Å². The van der Waals surface area contributed by atoms with Crippen LogP contribution in [-0.4, -0.2) is 21.5 Å². The maximum atomic E-state index is 13.6. The number of nitrogens with zero attached hydrogens (tertiary/aromatic N) is 3. The molecule has 1 aromatic carbocycles. The minimum absolute atomic E-state index is 0.203. The molecule has 18 heavy (non-hydrogen) atoms. The molecule has 0 spiro atoms. The minimum Gasteiger partial charge on any atom is -0.313 e. The molecule has 0 unspecified atom stereocenters. The molecule has 4 nitrogen and oxygen atoms in total. The fraction of sp³-hybridized carbons (Fsp3) is 0.333. The molecule has 0 atom stereocenters. The molecule has 0 saturated carbocycles. The molecule has 1 aromatic heterocycles. The van der Waals surface area contributed by atoms with Gasteiger partial charge in [-0.15, -0.1) is 5.10 Å². The number of hydrogen-bond donors (Lipinski definition) is 1. The summed E-state index contributed by atoms with van der Waals surface area (Å²) in [5.41, 5.74) is 2.37. The van der Waals surface area contributed by atoms with E-state index < -0.39 is 0 Å². The summed E-state index contributed by atoms with van der Waals surface area (Å²) in [7, 11) is 1.81. The van der Waals surface area contributed by atoms with Crippen molar-refractivity contribution in [3.05, 3.63) is 34.2 Å². The second-order valence-electron chi connectivity index (χ2n) is 3.94. The van der Waals surface area contributed by atoms with E-state index in [1.807, 2.05) is 13.0 Å². The Hall–Kier alpha value is -1.27. The van der Waals surface area contributed by atoms with Crippen molar-refractivity contribution in [3.8, 4) is 11.3 Å². The molecule has 2 aromatic rings. The smallest absolute Gasteiger partial charge is 0.156 e. The molecule has 2 rings (SSSR count). The molecule has 0 aliphatic rings. The molecule has 0 saturated heterocycles. The highest BCUT2D eigenvalue weighted by atomic mass is 79.9. The van der Waals surface area contributed by atoms with Crippen molar-refractivity contribution in [1.82, 2.24) is 20.3 Å². The van der Waals surface area contributed by atoms with E-state index in [4.69, 9.17) is 0 Å². The molecule has 0 radical (unpaired) electrons. The van der Waals surface area contributed by atoms with E-state index in [9.17, 15) is 4.39 Å². The number of aromatic nitrogens is 3. The van der Waals surface area contributed by atoms with Crippen molar-refractivity contribution < 1.29 is 4.39 Å². The van der Waals surface area contributed by atoms with Crippen LogP contribution < -0.4 is 5.32 Å². The predicted octanol–water partition coefficient (Wildman–Crippen LogP) is 2.49. The van der Waals surface area contributed by atoms with Gasteiger partial charge in [0, 0.05) is 24.7 Å². The maximum absolute atomic E-state index is 13.6. The monoisotopic (exact) mass is 312 g/mol. The zero-order valence-corrected chi connectivity index (χ0v) is 11.8. The third-order valence-corrected chi connectivity index (χ3v) is 3.20. The number of halogens is 2. The summed E-state index contributed by atoms with van der Waals surface area (Å²) >= 11 is 3.35. The van der Waals surface area contributed by atoms with Crippen LogP contribution in [0.15, 0.2) is 22.8 Å². The van der Waals surface area contributed by atoms with Gasteiger partial charge in [-0.3, -0.25) is 0 Å². The van der Waals surface area contributed by atoms with Crippen molar-refractivity contribution in [2.45, 2.75) is 13.5 Å². The third-order valence-electron chi connectivity index (χ3n) is 2.67. The Labute approximate surface area is 113 Å². The van der Waals surface area contributed by atoms with E-state index in [1.54, 1.807) is 17.8 Å². The highest BCUT2D eigenvalue weighted by molar-refractivity contribution is 9.10. The highest BCUT2D eigenvalue weighted by Gasteiger charge is 2.12. The van der Waals surface area contributed by atoms with Crippen LogP contribution in [-0.2, 0) is 13.6 Å². The van der Waals surface area contributed by atoms with Gasteiger partial charge in [-0.2, -0.15) is 0 Å². The topological polar surface area (TPSA) is 42.7 Å². The first-order valence-electron chi connectivity index (χ1n) is 5.68. The first kappa shape index (κ1) is 13.2. The zero-order valence-electron chi connectivity index (χ0n) is 10.2. The molecule has 0 amide bonds. The van der Waals surface area contributed by atoms with Crippen molar-refractivity contribution in [2.24, 2.45) is 7.05 Å². The van der Waals surface area contributed by atoms with Crippen LogP contribution in [0.4, 0.5) is 4.39 Å². The summed E-state index contributed by atoms with van der Waals surface area (Å²) in [5.74, 6) is -0.203. The number of rotatable bonds is 4. The number of benzene rings is 1. The minimum atomic E-state index is -0.203. The van der Waals surface area contributed by atoms with Gasteiger partial charge in [0.05, 0.1) is 0 Å². The Morgan fingerprint density at radius 2 is 2.22 bits per heavy atom. The van der Waals surface area contributed by atoms with Crippen molar-refractivity contribution in [1.29, 1.82) is 0 Å². The van der Waals surface area contributed by atoms with Gasteiger partial charge in [-0.1, -0.05) is 12.1 Å². The number of aryl methyl sites for hydroxylation is 1. The Morgan fingerprint density at radius 1 is 1.44 bits per heavy atom. The summed E-state index contributed by atoms with van der Waals surface area (Å²) in [6.07, 6.45) is 0. The van der Waals surface area contributed by atoms with Crippen molar-refractivity contribution >= 4 is 15.9 Å². The molecule has 96 valence electrons. The van der Waals surface area contributed by atoms with E-state index in [-0.39, 0.29) is 5.82 Å². The van der Waals surface area contributed by atoms with Gasteiger partial charge in [-0.05, 0) is 40.7 Å². The summed E-state index contributed by atoms with van der Waals surface area (Å²) in [4.78, 5) is 0. The summed E-state index contributed by atoms with van der Waals surface area (Å²) < 4.78 is 16.0. The summed E-state index contributed by atoms with van der Waals surface area (Å²) in [6, 6.07) is 5.02. The van der Waals surface area contributed by atoms with Gasteiger partial charge in [0.15, 0.2) is 4.60 Å². The van der Waals surface area contributed by atoms with Crippen LogP contribution >= 0.6 is 15.9 Å². The highest BCUT2D eigenvalue weighted by Crippen LogP contribution is 2.27. The first-order valence-corrected chi connectivity index (χ1v) is 6.47. The quantitative estimate of drug-likeness (QED) is 0.943. The summed E-state index contributed by atoms with van der Waals surface area (Å²) in [5, 5.41) is 11.0. The van der Waals surface area contributed by atoms with Crippen LogP contribution in [0.2, 0.25) is 0 Å². The third kappa shape index (κ3) is 2.59. The average Bonchev–Trinajstić information content (AvgIpc) is 2.68. The second kappa shape index (κ2) is 5.58. The largest absolute Gasteiger partial charge is 0.313 e. The van der Waals surface area contributed by atoms with Gasteiger partial charge in [0.2, 0.25) is 0 Å². The lowest BCUT2D eigenvalue weighted by Crippen LogP contribution is -2.13. The lowest BCUT2D eigenvalue weighted by molar-refractivity contribution is 0.593. The molecule has 0 fully saturated rings. The van der Waals surface area contributed by atoms with Crippen LogP contribution in [0.5, 0.6) is 0 Å². The van der Waals surface area contributed by atoms with Gasteiger partial charge < -0.3 is 5.32 Å². The Kier molecular flexibility index (Phi) is 4.08. The molecule has 1 N–H and O–H groups in total. The molecule has 0 bridgehead atoms. The number of nitrogens with one attached hydrogen (secondary N) is 1. The first-order chi connectivity index (χ1) is 8.63. The summed E-state index contributed by atoms with van der Waals surface area (Å²) in [6.45, 7) is 3.31. The van der Waals surface area contributed by atoms with Crippen LogP contribution in [0, 0.1) is 5.82 Å². The van der Waals surface area contributed by atoms with E-state index in [1.165, 1.54) is 6.07 Å². The van der Waals surface area contributed by atoms with E-state index >= 15 is 0 Å². The van der Waals surface area contributed by atoms with Gasteiger partial charge in [0.25, 0.3) is 0 Å². The van der Waals surface area contributed by atoms with Crippen molar-refractivity contribution in [2.75, 3.05) is 6.54 Å². The van der Waals surface area contributed by atoms with Gasteiger partial charge in [0.1, 0.15) is 11.5 Å². The SMILES string of the molecule is CCNCc1cc(-c2c(Br)nnn2C)ccc1F. The normalized spacial score (nSPS) is 10.9. The van der Waals surface area contributed by atoms with Gasteiger partial charge >= 0.3 is 0 Å².